The van der Waals surface area contributed by atoms with Gasteiger partial charge in [-0.25, -0.2) is 0 Å². The molecule has 1 aromatic rings. The van der Waals surface area contributed by atoms with Crippen LogP contribution in [0.1, 0.15) is 11.1 Å². The maximum Gasteiger partial charge on any atom is 0.295 e. The largest absolute Gasteiger partial charge is 0.295 e. The van der Waals surface area contributed by atoms with E-state index in [1.165, 1.54) is 12.1 Å². The molecule has 0 aliphatic rings. The Labute approximate surface area is 80.6 Å². The van der Waals surface area contributed by atoms with Gasteiger partial charge in [0.1, 0.15) is 17.0 Å². The zero-order valence-electron chi connectivity index (χ0n) is 6.80. The van der Waals surface area contributed by atoms with Crippen molar-refractivity contribution < 1.29 is 13.0 Å². The van der Waals surface area contributed by atoms with Gasteiger partial charge in [-0.05, 0) is 12.1 Å². The van der Waals surface area contributed by atoms with Crippen molar-refractivity contribution in [1.82, 2.24) is 0 Å². The van der Waals surface area contributed by atoms with Gasteiger partial charge in [0.25, 0.3) is 10.1 Å². The fourth-order valence-electron chi connectivity index (χ4n) is 0.955. The first-order chi connectivity index (χ1) is 6.50. The van der Waals surface area contributed by atoms with Gasteiger partial charge in [0.2, 0.25) is 0 Å². The van der Waals surface area contributed by atoms with Gasteiger partial charge in [0, 0.05) is 0 Å². The molecule has 0 bridgehead atoms. The molecule has 0 saturated heterocycles. The fraction of sp³-hybridized carbons (Fsp3) is 0. The Bertz CT molecular complexity index is 549. The van der Waals surface area contributed by atoms with Gasteiger partial charge in [-0.15, -0.1) is 0 Å². The highest BCUT2D eigenvalue weighted by Crippen LogP contribution is 2.17. The number of rotatable bonds is 1. The summed E-state index contributed by atoms with van der Waals surface area (Å²) in [6.45, 7) is 0. The average Bonchev–Trinajstić information content (AvgIpc) is 2.15. The molecule has 0 radical (unpaired) electrons. The topological polar surface area (TPSA) is 102 Å². The summed E-state index contributed by atoms with van der Waals surface area (Å²) >= 11 is 0. The van der Waals surface area contributed by atoms with E-state index in [1.807, 2.05) is 0 Å². The van der Waals surface area contributed by atoms with E-state index in [0.29, 0.717) is 0 Å². The Morgan fingerprint density at radius 1 is 1.21 bits per heavy atom. The summed E-state index contributed by atoms with van der Waals surface area (Å²) in [7, 11) is -4.45. The van der Waals surface area contributed by atoms with E-state index in [2.05, 4.69) is 0 Å². The van der Waals surface area contributed by atoms with Crippen molar-refractivity contribution >= 4 is 10.1 Å². The summed E-state index contributed by atoms with van der Waals surface area (Å²) in [6.07, 6.45) is 0. The maximum atomic E-state index is 10.8. The predicted octanol–water partition coefficient (Wildman–Crippen LogP) is 0.677. The smallest absolute Gasteiger partial charge is 0.282 e. The summed E-state index contributed by atoms with van der Waals surface area (Å²) in [5, 5.41) is 17.2. The van der Waals surface area contributed by atoms with Crippen molar-refractivity contribution in [2.45, 2.75) is 4.90 Å². The lowest BCUT2D eigenvalue weighted by Crippen LogP contribution is -2.02. The lowest BCUT2D eigenvalue weighted by Gasteiger charge is -2.00. The Morgan fingerprint density at radius 2 is 1.86 bits per heavy atom. The molecule has 0 saturated carbocycles. The molecule has 1 rings (SSSR count). The van der Waals surface area contributed by atoms with Gasteiger partial charge in [-0.2, -0.15) is 18.9 Å². The van der Waals surface area contributed by atoms with Gasteiger partial charge < -0.3 is 0 Å². The predicted molar refractivity (Wildman–Crippen MR) is 45.7 cm³/mol. The molecular formula is C8H4N2O3S. The molecule has 0 amide bonds. The second-order valence-corrected chi connectivity index (χ2v) is 3.77. The molecule has 0 aliphatic heterocycles. The lowest BCUT2D eigenvalue weighted by atomic mass is 10.1. The molecule has 1 N–H and O–H groups in total. The zero-order chi connectivity index (χ0) is 10.8. The van der Waals surface area contributed by atoms with Crippen molar-refractivity contribution in [3.05, 3.63) is 29.3 Å². The molecule has 6 heteroatoms. The second kappa shape index (κ2) is 3.46. The summed E-state index contributed by atoms with van der Waals surface area (Å²) < 4.78 is 30.3. The monoisotopic (exact) mass is 208 g/mol. The van der Waals surface area contributed by atoms with E-state index in [0.717, 1.165) is 6.07 Å². The molecule has 0 aliphatic carbocycles. The summed E-state index contributed by atoms with van der Waals surface area (Å²) in [5.41, 5.74) is -0.417. The second-order valence-electron chi connectivity index (χ2n) is 2.38. The van der Waals surface area contributed by atoms with Gasteiger partial charge >= 0.3 is 0 Å². The number of hydrogen-bond acceptors (Lipinski definition) is 4. The molecular weight excluding hydrogens is 204 g/mol. The molecule has 0 unspecified atom stereocenters. The zero-order valence-corrected chi connectivity index (χ0v) is 7.61. The quantitative estimate of drug-likeness (QED) is 0.683. The van der Waals surface area contributed by atoms with E-state index >= 15 is 0 Å². The van der Waals surface area contributed by atoms with E-state index in [9.17, 15) is 8.42 Å². The van der Waals surface area contributed by atoms with E-state index in [-0.39, 0.29) is 11.1 Å². The van der Waals surface area contributed by atoms with Gasteiger partial charge in [0.05, 0.1) is 11.1 Å². The minimum atomic E-state index is -4.45. The van der Waals surface area contributed by atoms with Crippen molar-refractivity contribution in [3.8, 4) is 12.1 Å². The molecule has 5 nitrogen and oxygen atoms in total. The number of nitriles is 2. The van der Waals surface area contributed by atoms with Crippen molar-refractivity contribution in [3.63, 3.8) is 0 Å². The third kappa shape index (κ3) is 1.72. The molecule has 70 valence electrons. The summed E-state index contributed by atoms with van der Waals surface area (Å²) in [6, 6.07) is 6.86. The maximum absolute atomic E-state index is 10.8. The first kappa shape index (κ1) is 10.2. The fourth-order valence-corrected chi connectivity index (χ4v) is 1.62. The highest BCUT2D eigenvalue weighted by molar-refractivity contribution is 7.85. The molecule has 0 spiro atoms. The van der Waals surface area contributed by atoms with Crippen LogP contribution >= 0.6 is 0 Å². The van der Waals surface area contributed by atoms with Crippen LogP contribution in [-0.2, 0) is 10.1 Å². The highest BCUT2D eigenvalue weighted by Gasteiger charge is 2.17. The molecule has 0 aromatic heterocycles. The first-order valence-electron chi connectivity index (χ1n) is 3.41. The number of benzene rings is 1. The lowest BCUT2D eigenvalue weighted by molar-refractivity contribution is 0.483. The third-order valence-electron chi connectivity index (χ3n) is 1.54. The van der Waals surface area contributed by atoms with Crippen LogP contribution in [0.25, 0.3) is 0 Å². The average molecular weight is 208 g/mol. The van der Waals surface area contributed by atoms with Gasteiger partial charge in [-0.3, -0.25) is 4.55 Å². The Hall–Kier alpha value is -1.89. The van der Waals surface area contributed by atoms with Crippen LogP contribution in [0.2, 0.25) is 0 Å². The Kier molecular flexibility index (Phi) is 2.52. The third-order valence-corrected chi connectivity index (χ3v) is 2.43. The normalized spacial score (nSPS) is 10.2. The molecule has 0 heterocycles. The standard InChI is InChI=1S/C8H4N2O3S/c9-4-6-2-1-3-8(7(6)5-10)14(11,12)13/h1-3H,(H,11,12,13). The van der Waals surface area contributed by atoms with Crippen molar-refractivity contribution in [1.29, 1.82) is 10.5 Å². The van der Waals surface area contributed by atoms with Crippen LogP contribution in [0, 0.1) is 22.7 Å². The SMILES string of the molecule is N#Cc1cccc(S(=O)(=O)O)c1C#N. The molecule has 1 aromatic carbocycles. The van der Waals surface area contributed by atoms with Gasteiger partial charge in [-0.1, -0.05) is 6.07 Å². The van der Waals surface area contributed by atoms with Crippen LogP contribution in [-0.4, -0.2) is 13.0 Å². The molecule has 0 fully saturated rings. The van der Waals surface area contributed by atoms with Crippen molar-refractivity contribution in [2.75, 3.05) is 0 Å². The summed E-state index contributed by atoms with van der Waals surface area (Å²) in [4.78, 5) is -0.543. The van der Waals surface area contributed by atoms with Crippen LogP contribution < -0.4 is 0 Å². The first-order valence-corrected chi connectivity index (χ1v) is 4.85. The van der Waals surface area contributed by atoms with Crippen LogP contribution in [0.15, 0.2) is 23.1 Å². The van der Waals surface area contributed by atoms with E-state index in [4.69, 9.17) is 15.1 Å². The van der Waals surface area contributed by atoms with Crippen LogP contribution in [0.3, 0.4) is 0 Å². The Balaban J connectivity index is 3.66. The molecule has 14 heavy (non-hydrogen) atoms. The minimum Gasteiger partial charge on any atom is -0.282 e. The van der Waals surface area contributed by atoms with E-state index < -0.39 is 15.0 Å². The molecule has 0 atom stereocenters. The summed E-state index contributed by atoms with van der Waals surface area (Å²) in [5.74, 6) is 0. The van der Waals surface area contributed by atoms with Crippen LogP contribution in [0.5, 0.6) is 0 Å². The Morgan fingerprint density at radius 3 is 2.29 bits per heavy atom. The highest BCUT2D eigenvalue weighted by atomic mass is 32.2. The number of hydrogen-bond donors (Lipinski definition) is 1. The van der Waals surface area contributed by atoms with Crippen molar-refractivity contribution in [2.24, 2.45) is 0 Å². The van der Waals surface area contributed by atoms with E-state index in [1.54, 1.807) is 12.1 Å². The minimum absolute atomic E-state index is 0.0809. The number of nitrogens with zero attached hydrogens (tertiary/aromatic N) is 2. The van der Waals surface area contributed by atoms with Crippen LogP contribution in [0.4, 0.5) is 0 Å². The van der Waals surface area contributed by atoms with Gasteiger partial charge in [0.15, 0.2) is 0 Å².